The zero-order valence-corrected chi connectivity index (χ0v) is 10.0. The summed E-state index contributed by atoms with van der Waals surface area (Å²) in [7, 11) is 0. The third-order valence-electron chi connectivity index (χ3n) is 3.27. The Hall–Kier alpha value is -0.120. The maximum atomic E-state index is 5.44. The smallest absolute Gasteiger partial charge is 0.0509 e. The summed E-state index contributed by atoms with van der Waals surface area (Å²) in [5.41, 5.74) is 5.44. The number of hydrogen-bond acceptors (Lipinski definition) is 3. The molecule has 1 aliphatic rings. The third kappa shape index (κ3) is 5.50. The van der Waals surface area contributed by atoms with Gasteiger partial charge in [0, 0.05) is 12.6 Å². The number of nitrogens with two attached hydrogens (primary N) is 1. The second kappa shape index (κ2) is 8.08. The Kier molecular flexibility index (Phi) is 6.98. The molecule has 15 heavy (non-hydrogen) atoms. The first-order chi connectivity index (χ1) is 7.34. The number of unbranched alkanes of at least 4 members (excludes halogenated alkanes) is 3. The van der Waals surface area contributed by atoms with Crippen LogP contribution in [0.25, 0.3) is 0 Å². The topological polar surface area (TPSA) is 47.3 Å². The van der Waals surface area contributed by atoms with Crippen molar-refractivity contribution in [3.8, 4) is 0 Å². The molecule has 1 heterocycles. The summed E-state index contributed by atoms with van der Waals surface area (Å²) in [5.74, 6) is 0.731. The summed E-state index contributed by atoms with van der Waals surface area (Å²) in [4.78, 5) is 0. The fourth-order valence-electron chi connectivity index (χ4n) is 2.07. The molecule has 0 aromatic heterocycles. The fourth-order valence-corrected chi connectivity index (χ4v) is 2.07. The molecule has 3 N–H and O–H groups in total. The van der Waals surface area contributed by atoms with Crippen molar-refractivity contribution in [1.29, 1.82) is 0 Å². The molecule has 1 fully saturated rings. The predicted molar refractivity (Wildman–Crippen MR) is 63.9 cm³/mol. The number of hydrogen-bond donors (Lipinski definition) is 2. The average molecular weight is 214 g/mol. The summed E-state index contributed by atoms with van der Waals surface area (Å²) in [5, 5.41) is 3.59. The summed E-state index contributed by atoms with van der Waals surface area (Å²) in [6.45, 7) is 6.15. The van der Waals surface area contributed by atoms with E-state index in [9.17, 15) is 0 Å². The van der Waals surface area contributed by atoms with E-state index in [2.05, 4.69) is 12.2 Å². The highest BCUT2D eigenvalue weighted by Gasteiger charge is 2.21. The van der Waals surface area contributed by atoms with Gasteiger partial charge in [-0.2, -0.15) is 0 Å². The first-order valence-electron chi connectivity index (χ1n) is 6.36. The van der Waals surface area contributed by atoms with E-state index in [1.165, 1.54) is 32.1 Å². The van der Waals surface area contributed by atoms with Crippen molar-refractivity contribution in [2.75, 3.05) is 26.3 Å². The molecule has 0 aliphatic carbocycles. The number of rotatable bonds is 8. The Morgan fingerprint density at radius 3 is 2.80 bits per heavy atom. The van der Waals surface area contributed by atoms with Gasteiger partial charge in [-0.15, -0.1) is 0 Å². The highest BCUT2D eigenvalue weighted by molar-refractivity contribution is 4.75. The van der Waals surface area contributed by atoms with E-state index in [0.29, 0.717) is 6.04 Å². The maximum Gasteiger partial charge on any atom is 0.0509 e. The van der Waals surface area contributed by atoms with Gasteiger partial charge in [-0.1, -0.05) is 12.8 Å². The molecule has 90 valence electrons. The van der Waals surface area contributed by atoms with Crippen LogP contribution in [0.1, 0.15) is 39.0 Å². The molecule has 2 unspecified atom stereocenters. The van der Waals surface area contributed by atoms with Crippen molar-refractivity contribution in [2.24, 2.45) is 11.7 Å². The van der Waals surface area contributed by atoms with Gasteiger partial charge in [-0.3, -0.25) is 0 Å². The van der Waals surface area contributed by atoms with E-state index < -0.39 is 0 Å². The summed E-state index contributed by atoms with van der Waals surface area (Å²) in [6.07, 6.45) is 6.25. The number of nitrogens with one attached hydrogen (secondary N) is 1. The van der Waals surface area contributed by atoms with Crippen LogP contribution in [-0.4, -0.2) is 32.3 Å². The molecule has 3 nitrogen and oxygen atoms in total. The van der Waals surface area contributed by atoms with E-state index >= 15 is 0 Å². The molecular weight excluding hydrogens is 188 g/mol. The van der Waals surface area contributed by atoms with Gasteiger partial charge >= 0.3 is 0 Å². The van der Waals surface area contributed by atoms with Gasteiger partial charge in [0.25, 0.3) is 0 Å². The fraction of sp³-hybridized carbons (Fsp3) is 1.00. The van der Waals surface area contributed by atoms with E-state index in [4.69, 9.17) is 10.5 Å². The average Bonchev–Trinajstić information content (AvgIpc) is 2.76. The van der Waals surface area contributed by atoms with Crippen molar-refractivity contribution >= 4 is 0 Å². The standard InChI is InChI=1S/C12H26N2O/c1-11(12-6-9-15-10-12)14-8-5-3-2-4-7-13/h11-12,14H,2-10,13H2,1H3. The molecule has 0 aromatic rings. The molecular formula is C12H26N2O. The second-order valence-corrected chi connectivity index (χ2v) is 4.57. The monoisotopic (exact) mass is 214 g/mol. The lowest BCUT2D eigenvalue weighted by atomic mass is 10.0. The Morgan fingerprint density at radius 1 is 1.33 bits per heavy atom. The van der Waals surface area contributed by atoms with E-state index in [1.54, 1.807) is 0 Å². The predicted octanol–water partition coefficient (Wildman–Crippen LogP) is 1.52. The van der Waals surface area contributed by atoms with Crippen LogP contribution < -0.4 is 11.1 Å². The van der Waals surface area contributed by atoms with Gasteiger partial charge in [0.05, 0.1) is 6.61 Å². The Labute approximate surface area is 93.8 Å². The molecule has 3 heteroatoms. The van der Waals surface area contributed by atoms with Crippen LogP contribution in [0.2, 0.25) is 0 Å². The minimum absolute atomic E-state index is 0.613. The Morgan fingerprint density at radius 2 is 2.13 bits per heavy atom. The van der Waals surface area contributed by atoms with Crippen LogP contribution in [0.4, 0.5) is 0 Å². The second-order valence-electron chi connectivity index (χ2n) is 4.57. The maximum absolute atomic E-state index is 5.44. The molecule has 2 atom stereocenters. The quantitative estimate of drug-likeness (QED) is 0.602. The summed E-state index contributed by atoms with van der Waals surface area (Å²) < 4.78 is 5.38. The Bertz CT molecular complexity index is 147. The summed E-state index contributed by atoms with van der Waals surface area (Å²) >= 11 is 0. The molecule has 1 saturated heterocycles. The first kappa shape index (κ1) is 12.9. The van der Waals surface area contributed by atoms with Crippen LogP contribution in [0.15, 0.2) is 0 Å². The molecule has 1 aliphatic heterocycles. The molecule has 1 rings (SSSR count). The van der Waals surface area contributed by atoms with Crippen LogP contribution in [0.5, 0.6) is 0 Å². The highest BCUT2D eigenvalue weighted by atomic mass is 16.5. The molecule has 0 radical (unpaired) electrons. The third-order valence-corrected chi connectivity index (χ3v) is 3.27. The highest BCUT2D eigenvalue weighted by Crippen LogP contribution is 2.16. The normalized spacial score (nSPS) is 23.2. The zero-order chi connectivity index (χ0) is 10.9. The van der Waals surface area contributed by atoms with Crippen molar-refractivity contribution in [3.63, 3.8) is 0 Å². The van der Waals surface area contributed by atoms with Gasteiger partial charge in [0.15, 0.2) is 0 Å². The van der Waals surface area contributed by atoms with Gasteiger partial charge < -0.3 is 15.8 Å². The SMILES string of the molecule is CC(NCCCCCCN)C1CCOC1. The van der Waals surface area contributed by atoms with Crippen molar-refractivity contribution in [2.45, 2.75) is 45.1 Å². The van der Waals surface area contributed by atoms with E-state index in [1.807, 2.05) is 0 Å². The Balaban J connectivity index is 1.90. The van der Waals surface area contributed by atoms with Crippen molar-refractivity contribution in [1.82, 2.24) is 5.32 Å². The van der Waals surface area contributed by atoms with E-state index in [0.717, 1.165) is 32.2 Å². The molecule has 0 aromatic carbocycles. The van der Waals surface area contributed by atoms with Gasteiger partial charge in [0.2, 0.25) is 0 Å². The van der Waals surface area contributed by atoms with Gasteiger partial charge in [0.1, 0.15) is 0 Å². The minimum atomic E-state index is 0.613. The van der Waals surface area contributed by atoms with Gasteiger partial charge in [-0.25, -0.2) is 0 Å². The minimum Gasteiger partial charge on any atom is -0.381 e. The molecule has 0 amide bonds. The van der Waals surface area contributed by atoms with Crippen LogP contribution in [0.3, 0.4) is 0 Å². The van der Waals surface area contributed by atoms with Crippen molar-refractivity contribution in [3.05, 3.63) is 0 Å². The number of ether oxygens (including phenoxy) is 1. The molecule has 0 bridgehead atoms. The van der Waals surface area contributed by atoms with Gasteiger partial charge in [-0.05, 0) is 45.2 Å². The lowest BCUT2D eigenvalue weighted by Crippen LogP contribution is -2.34. The van der Waals surface area contributed by atoms with Crippen LogP contribution in [0, 0.1) is 5.92 Å². The van der Waals surface area contributed by atoms with Crippen molar-refractivity contribution < 1.29 is 4.74 Å². The lowest BCUT2D eigenvalue weighted by molar-refractivity contribution is 0.178. The summed E-state index contributed by atoms with van der Waals surface area (Å²) in [6, 6.07) is 0.613. The first-order valence-corrected chi connectivity index (χ1v) is 6.36. The molecule has 0 spiro atoms. The van der Waals surface area contributed by atoms with E-state index in [-0.39, 0.29) is 0 Å². The van der Waals surface area contributed by atoms with Crippen LogP contribution in [-0.2, 0) is 4.74 Å². The molecule has 0 saturated carbocycles. The lowest BCUT2D eigenvalue weighted by Gasteiger charge is -2.19. The van der Waals surface area contributed by atoms with Crippen LogP contribution >= 0.6 is 0 Å². The largest absolute Gasteiger partial charge is 0.381 e. The zero-order valence-electron chi connectivity index (χ0n) is 10.0.